The zero-order valence-electron chi connectivity index (χ0n) is 10.8. The predicted octanol–water partition coefficient (Wildman–Crippen LogP) is 3.91. The zero-order chi connectivity index (χ0) is 14.2. The molecule has 0 aliphatic carbocycles. The van der Waals surface area contributed by atoms with Crippen molar-refractivity contribution in [1.29, 1.82) is 0 Å². The summed E-state index contributed by atoms with van der Waals surface area (Å²) in [6.45, 7) is 6.60. The van der Waals surface area contributed by atoms with Crippen molar-refractivity contribution >= 4 is 39.1 Å². The maximum absolute atomic E-state index is 6.10. The molecular weight excluding hydrogens is 351 g/mol. The van der Waals surface area contributed by atoms with E-state index >= 15 is 0 Å². The molecule has 4 nitrogen and oxygen atoms in total. The molecule has 0 radical (unpaired) electrons. The van der Waals surface area contributed by atoms with Gasteiger partial charge in [-0.2, -0.15) is 5.10 Å². The molecule has 0 amide bonds. The van der Waals surface area contributed by atoms with Gasteiger partial charge >= 0.3 is 0 Å². The van der Waals surface area contributed by atoms with Crippen molar-refractivity contribution in [3.63, 3.8) is 0 Å². The van der Waals surface area contributed by atoms with E-state index in [2.05, 4.69) is 31.0 Å². The van der Waals surface area contributed by atoms with Crippen molar-refractivity contribution in [2.24, 2.45) is 0 Å². The van der Waals surface area contributed by atoms with Gasteiger partial charge in [0, 0.05) is 23.5 Å². The molecule has 0 saturated carbocycles. The van der Waals surface area contributed by atoms with Crippen LogP contribution in [0.15, 0.2) is 4.47 Å². The lowest BCUT2D eigenvalue weighted by atomic mass is 10.2. The van der Waals surface area contributed by atoms with Crippen molar-refractivity contribution in [2.75, 3.05) is 0 Å². The predicted molar refractivity (Wildman–Crippen MR) is 79.9 cm³/mol. The second-order valence-corrected chi connectivity index (χ2v) is 5.79. The fourth-order valence-corrected chi connectivity index (χ4v) is 2.77. The quantitative estimate of drug-likeness (QED) is 0.613. The molecule has 19 heavy (non-hydrogen) atoms. The minimum Gasteiger partial charge on any atom is -0.268 e. The Kier molecular flexibility index (Phi) is 4.48. The van der Waals surface area contributed by atoms with Gasteiger partial charge in [0.15, 0.2) is 0 Å². The normalized spacial score (nSPS) is 11.1. The molecular formula is C12H13BrCl2N4. The van der Waals surface area contributed by atoms with Crippen molar-refractivity contribution in [3.05, 3.63) is 37.6 Å². The Morgan fingerprint density at radius 2 is 1.79 bits per heavy atom. The van der Waals surface area contributed by atoms with Crippen molar-refractivity contribution in [1.82, 2.24) is 19.7 Å². The van der Waals surface area contributed by atoms with Crippen LogP contribution in [0.2, 0.25) is 10.4 Å². The molecule has 0 fully saturated rings. The first kappa shape index (κ1) is 14.8. The van der Waals surface area contributed by atoms with Gasteiger partial charge in [-0.25, -0.2) is 9.97 Å². The van der Waals surface area contributed by atoms with Crippen molar-refractivity contribution in [3.8, 4) is 0 Å². The summed E-state index contributed by atoms with van der Waals surface area (Å²) in [5.74, 6) is 0. The summed E-state index contributed by atoms with van der Waals surface area (Å²) in [6.07, 6.45) is 0.718. The highest BCUT2D eigenvalue weighted by Crippen LogP contribution is 2.22. The lowest BCUT2D eigenvalue weighted by molar-refractivity contribution is 0.591. The number of nitrogens with zero attached hydrogens (tertiary/aromatic N) is 4. The molecule has 2 aromatic rings. The molecule has 0 bridgehead atoms. The van der Waals surface area contributed by atoms with E-state index in [1.165, 1.54) is 0 Å². The smallest absolute Gasteiger partial charge is 0.224 e. The molecule has 7 heteroatoms. The van der Waals surface area contributed by atoms with Crippen molar-refractivity contribution in [2.45, 2.75) is 33.7 Å². The van der Waals surface area contributed by atoms with Gasteiger partial charge in [0.25, 0.3) is 0 Å². The van der Waals surface area contributed by atoms with Crippen LogP contribution in [-0.4, -0.2) is 19.7 Å². The summed E-state index contributed by atoms with van der Waals surface area (Å²) in [7, 11) is 0. The summed E-state index contributed by atoms with van der Waals surface area (Å²) < 4.78 is 2.99. The topological polar surface area (TPSA) is 43.6 Å². The van der Waals surface area contributed by atoms with E-state index in [4.69, 9.17) is 23.2 Å². The van der Waals surface area contributed by atoms with E-state index in [0.717, 1.165) is 40.1 Å². The van der Waals surface area contributed by atoms with Crippen LogP contribution in [0.3, 0.4) is 0 Å². The number of aryl methyl sites for hydroxylation is 3. The highest BCUT2D eigenvalue weighted by Gasteiger charge is 2.12. The Bertz CT molecular complexity index is 601. The van der Waals surface area contributed by atoms with Gasteiger partial charge in [-0.3, -0.25) is 4.68 Å². The molecule has 102 valence electrons. The molecule has 0 aliphatic rings. The molecule has 0 aromatic carbocycles. The van der Waals surface area contributed by atoms with Crippen LogP contribution in [-0.2, 0) is 13.0 Å². The molecule has 0 spiro atoms. The van der Waals surface area contributed by atoms with Gasteiger partial charge in [0.2, 0.25) is 5.28 Å². The SMILES string of the molecule is Cc1nn(CCc2c(C)nc(Cl)nc2Cl)c(C)c1Br. The Morgan fingerprint density at radius 3 is 2.32 bits per heavy atom. The molecule has 2 rings (SSSR count). The number of halogens is 3. The largest absolute Gasteiger partial charge is 0.268 e. The standard InChI is InChI=1S/C12H13BrCl2N4/c1-6-9(11(14)17-12(15)16-6)4-5-19-8(3)10(13)7(2)18-19/h4-5H2,1-3H3. The fraction of sp³-hybridized carbons (Fsp3) is 0.417. The van der Waals surface area contributed by atoms with Crippen LogP contribution in [0, 0.1) is 20.8 Å². The number of aromatic nitrogens is 4. The Morgan fingerprint density at radius 1 is 1.11 bits per heavy atom. The van der Waals surface area contributed by atoms with Gasteiger partial charge < -0.3 is 0 Å². The van der Waals surface area contributed by atoms with E-state index in [9.17, 15) is 0 Å². The average Bonchev–Trinajstić information content (AvgIpc) is 2.55. The summed E-state index contributed by atoms with van der Waals surface area (Å²) >= 11 is 15.4. The molecule has 0 unspecified atom stereocenters. The number of hydrogen-bond donors (Lipinski definition) is 0. The Hall–Kier alpha value is -0.650. The second kappa shape index (κ2) is 5.77. The highest BCUT2D eigenvalue weighted by atomic mass is 79.9. The molecule has 0 atom stereocenters. The van der Waals surface area contributed by atoms with E-state index in [0.29, 0.717) is 5.15 Å². The van der Waals surface area contributed by atoms with Crippen LogP contribution < -0.4 is 0 Å². The third-order valence-electron chi connectivity index (χ3n) is 3.00. The zero-order valence-corrected chi connectivity index (χ0v) is 13.9. The first-order chi connectivity index (χ1) is 8.90. The number of rotatable bonds is 3. The van der Waals surface area contributed by atoms with Gasteiger partial charge in [0.1, 0.15) is 5.15 Å². The van der Waals surface area contributed by atoms with Crippen LogP contribution in [0.25, 0.3) is 0 Å². The third-order valence-corrected chi connectivity index (χ3v) is 4.63. The van der Waals surface area contributed by atoms with Crippen LogP contribution >= 0.6 is 39.1 Å². The number of hydrogen-bond acceptors (Lipinski definition) is 3. The van der Waals surface area contributed by atoms with Gasteiger partial charge in [0.05, 0.1) is 10.2 Å². The minimum atomic E-state index is 0.181. The first-order valence-electron chi connectivity index (χ1n) is 5.78. The summed E-state index contributed by atoms with van der Waals surface area (Å²) in [5, 5.41) is 5.06. The van der Waals surface area contributed by atoms with Gasteiger partial charge in [-0.15, -0.1) is 0 Å². The van der Waals surface area contributed by atoms with E-state index < -0.39 is 0 Å². The molecule has 0 aliphatic heterocycles. The van der Waals surface area contributed by atoms with Crippen molar-refractivity contribution < 1.29 is 0 Å². The molecule has 0 N–H and O–H groups in total. The van der Waals surface area contributed by atoms with E-state index in [-0.39, 0.29) is 5.28 Å². The maximum Gasteiger partial charge on any atom is 0.224 e. The monoisotopic (exact) mass is 362 g/mol. The summed E-state index contributed by atoms with van der Waals surface area (Å²) in [6, 6.07) is 0. The van der Waals surface area contributed by atoms with E-state index in [1.807, 2.05) is 25.5 Å². The van der Waals surface area contributed by atoms with Crippen LogP contribution in [0.1, 0.15) is 22.6 Å². The molecule has 2 heterocycles. The lowest BCUT2D eigenvalue weighted by Gasteiger charge is -2.08. The summed E-state index contributed by atoms with van der Waals surface area (Å²) in [4.78, 5) is 8.10. The Balaban J connectivity index is 2.21. The van der Waals surface area contributed by atoms with E-state index in [1.54, 1.807) is 0 Å². The lowest BCUT2D eigenvalue weighted by Crippen LogP contribution is -2.08. The second-order valence-electron chi connectivity index (χ2n) is 4.31. The van der Waals surface area contributed by atoms with Gasteiger partial charge in [-0.1, -0.05) is 11.6 Å². The fourth-order valence-electron chi connectivity index (χ4n) is 1.92. The highest BCUT2D eigenvalue weighted by molar-refractivity contribution is 9.10. The first-order valence-corrected chi connectivity index (χ1v) is 7.33. The van der Waals surface area contributed by atoms with Crippen LogP contribution in [0.5, 0.6) is 0 Å². The average molecular weight is 364 g/mol. The molecule has 0 saturated heterocycles. The maximum atomic E-state index is 6.10. The minimum absolute atomic E-state index is 0.181. The third kappa shape index (κ3) is 3.09. The Labute approximate surface area is 130 Å². The van der Waals surface area contributed by atoms with Gasteiger partial charge in [-0.05, 0) is 54.7 Å². The van der Waals surface area contributed by atoms with Crippen LogP contribution in [0.4, 0.5) is 0 Å². The molecule has 2 aromatic heterocycles. The summed E-state index contributed by atoms with van der Waals surface area (Å²) in [5.41, 5.74) is 3.80.